The number of aryl methyl sites for hydroxylation is 2. The Kier molecular flexibility index (Phi) is 4.82. The number of rotatable bonds is 6. The van der Waals surface area contributed by atoms with Crippen molar-refractivity contribution in [1.82, 2.24) is 9.78 Å². The number of aromatic nitrogens is 2. The van der Waals surface area contributed by atoms with E-state index in [1.54, 1.807) is 7.05 Å². The molecule has 1 aromatic rings. The fourth-order valence-electron chi connectivity index (χ4n) is 3.00. The predicted octanol–water partition coefficient (Wildman–Crippen LogP) is 2.39. The Hall–Kier alpha value is -1.63. The van der Waals surface area contributed by atoms with Crippen molar-refractivity contribution in [2.24, 2.45) is 7.05 Å². The monoisotopic (exact) mass is 296 g/mol. The zero-order valence-corrected chi connectivity index (χ0v) is 12.8. The minimum Gasteiger partial charge on any atom is -0.388 e. The standard InChI is InChI=1S/C14H24N4O3/c1-3-7-11-12(18(20)21)13(17(2)16-11)15-10-14(19)8-5-4-6-9-14/h15,19H,3-10H2,1-2H3. The minimum atomic E-state index is -0.763. The molecule has 2 rings (SSSR count). The van der Waals surface area contributed by atoms with Crippen LogP contribution in [0.1, 0.15) is 51.1 Å². The van der Waals surface area contributed by atoms with Gasteiger partial charge in [0.2, 0.25) is 5.82 Å². The number of nitro groups is 1. The number of anilines is 1. The van der Waals surface area contributed by atoms with Gasteiger partial charge in [0.15, 0.2) is 0 Å². The Bertz CT molecular complexity index is 507. The highest BCUT2D eigenvalue weighted by molar-refractivity contribution is 5.60. The first-order chi connectivity index (χ1) is 9.97. The normalized spacial score (nSPS) is 17.7. The molecule has 21 heavy (non-hydrogen) atoms. The molecule has 1 saturated carbocycles. The van der Waals surface area contributed by atoms with E-state index in [1.807, 2.05) is 6.92 Å². The lowest BCUT2D eigenvalue weighted by molar-refractivity contribution is -0.384. The molecule has 1 aromatic heterocycles. The van der Waals surface area contributed by atoms with Gasteiger partial charge >= 0.3 is 5.69 Å². The molecule has 7 nitrogen and oxygen atoms in total. The van der Waals surface area contributed by atoms with Gasteiger partial charge in [0.25, 0.3) is 0 Å². The Balaban J connectivity index is 2.17. The summed E-state index contributed by atoms with van der Waals surface area (Å²) in [5.74, 6) is 0.391. The van der Waals surface area contributed by atoms with E-state index in [9.17, 15) is 15.2 Å². The molecule has 0 spiro atoms. The van der Waals surface area contributed by atoms with Crippen LogP contribution in [-0.2, 0) is 13.5 Å². The zero-order chi connectivity index (χ0) is 15.5. The molecular formula is C14H24N4O3. The van der Waals surface area contributed by atoms with Crippen LogP contribution in [0.5, 0.6) is 0 Å². The van der Waals surface area contributed by atoms with E-state index in [-0.39, 0.29) is 10.6 Å². The minimum absolute atomic E-state index is 0.0405. The quantitative estimate of drug-likeness (QED) is 0.621. The van der Waals surface area contributed by atoms with Crippen molar-refractivity contribution in [1.29, 1.82) is 0 Å². The lowest BCUT2D eigenvalue weighted by Gasteiger charge is -2.32. The Morgan fingerprint density at radius 1 is 1.43 bits per heavy atom. The second-order valence-corrected chi connectivity index (χ2v) is 5.91. The SMILES string of the molecule is CCCc1nn(C)c(NCC2(O)CCCCC2)c1[N+](=O)[O-]. The lowest BCUT2D eigenvalue weighted by Crippen LogP contribution is -2.39. The number of nitrogens with one attached hydrogen (secondary N) is 1. The van der Waals surface area contributed by atoms with Gasteiger partial charge in [-0.3, -0.25) is 10.1 Å². The van der Waals surface area contributed by atoms with Gasteiger partial charge in [0.05, 0.1) is 10.5 Å². The molecule has 0 aliphatic heterocycles. The average molecular weight is 296 g/mol. The summed E-state index contributed by atoms with van der Waals surface area (Å²) in [6.45, 7) is 2.30. The second kappa shape index (κ2) is 6.43. The van der Waals surface area contributed by atoms with Crippen molar-refractivity contribution < 1.29 is 10.0 Å². The van der Waals surface area contributed by atoms with Gasteiger partial charge in [-0.2, -0.15) is 5.10 Å². The maximum atomic E-state index is 11.3. The largest absolute Gasteiger partial charge is 0.388 e. The summed E-state index contributed by atoms with van der Waals surface area (Å²) < 4.78 is 1.51. The van der Waals surface area contributed by atoms with E-state index >= 15 is 0 Å². The Morgan fingerprint density at radius 3 is 2.67 bits per heavy atom. The van der Waals surface area contributed by atoms with Crippen LogP contribution in [0.3, 0.4) is 0 Å². The second-order valence-electron chi connectivity index (χ2n) is 5.91. The molecule has 0 atom stereocenters. The Morgan fingerprint density at radius 2 is 2.10 bits per heavy atom. The molecule has 0 saturated heterocycles. The maximum absolute atomic E-state index is 11.3. The van der Waals surface area contributed by atoms with Crippen molar-refractivity contribution >= 4 is 11.5 Å². The summed E-state index contributed by atoms with van der Waals surface area (Å²) in [6.07, 6.45) is 6.03. The summed E-state index contributed by atoms with van der Waals surface area (Å²) in [6, 6.07) is 0. The molecule has 0 aromatic carbocycles. The molecule has 118 valence electrons. The van der Waals surface area contributed by atoms with Crippen molar-refractivity contribution in [3.05, 3.63) is 15.8 Å². The van der Waals surface area contributed by atoms with Gasteiger partial charge in [-0.15, -0.1) is 0 Å². The maximum Gasteiger partial charge on any atom is 0.333 e. The highest BCUT2D eigenvalue weighted by Gasteiger charge is 2.32. The smallest absolute Gasteiger partial charge is 0.333 e. The first-order valence-electron chi connectivity index (χ1n) is 7.63. The molecule has 0 radical (unpaired) electrons. The molecule has 0 unspecified atom stereocenters. The molecule has 1 aliphatic rings. The first-order valence-corrected chi connectivity index (χ1v) is 7.63. The molecule has 0 amide bonds. The molecule has 7 heteroatoms. The van der Waals surface area contributed by atoms with Gasteiger partial charge in [-0.1, -0.05) is 32.6 Å². The molecule has 1 fully saturated rings. The third-order valence-corrected chi connectivity index (χ3v) is 4.13. The molecule has 1 heterocycles. The fraction of sp³-hybridized carbons (Fsp3) is 0.786. The van der Waals surface area contributed by atoms with Gasteiger partial charge in [-0.25, -0.2) is 4.68 Å². The summed E-state index contributed by atoms with van der Waals surface area (Å²) in [5.41, 5.74) is -0.219. The van der Waals surface area contributed by atoms with Crippen molar-refractivity contribution in [2.45, 2.75) is 57.5 Å². The van der Waals surface area contributed by atoms with Crippen LogP contribution in [0, 0.1) is 10.1 Å². The summed E-state index contributed by atoms with van der Waals surface area (Å²) >= 11 is 0. The molecular weight excluding hydrogens is 272 g/mol. The summed E-state index contributed by atoms with van der Waals surface area (Å²) in [5, 5.41) is 29.1. The fourth-order valence-corrected chi connectivity index (χ4v) is 3.00. The average Bonchev–Trinajstić information content (AvgIpc) is 2.74. The van der Waals surface area contributed by atoms with Gasteiger partial charge in [0, 0.05) is 13.6 Å². The summed E-state index contributed by atoms with van der Waals surface area (Å²) in [7, 11) is 1.69. The van der Waals surface area contributed by atoms with E-state index in [0.717, 1.165) is 38.5 Å². The van der Waals surface area contributed by atoms with Crippen molar-refractivity contribution in [2.75, 3.05) is 11.9 Å². The zero-order valence-electron chi connectivity index (χ0n) is 12.8. The van der Waals surface area contributed by atoms with E-state index in [4.69, 9.17) is 0 Å². The topological polar surface area (TPSA) is 93.2 Å². The van der Waals surface area contributed by atoms with E-state index in [2.05, 4.69) is 10.4 Å². The van der Waals surface area contributed by atoms with Crippen LogP contribution >= 0.6 is 0 Å². The third kappa shape index (κ3) is 3.53. The molecule has 1 aliphatic carbocycles. The predicted molar refractivity (Wildman–Crippen MR) is 80.4 cm³/mol. The Labute approximate surface area is 124 Å². The van der Waals surface area contributed by atoms with Crippen LogP contribution in [0.15, 0.2) is 0 Å². The molecule has 2 N–H and O–H groups in total. The summed E-state index contributed by atoms with van der Waals surface area (Å²) in [4.78, 5) is 10.9. The van der Waals surface area contributed by atoms with Crippen LogP contribution in [0.25, 0.3) is 0 Å². The van der Waals surface area contributed by atoms with E-state index < -0.39 is 5.60 Å². The highest BCUT2D eigenvalue weighted by Crippen LogP contribution is 2.32. The van der Waals surface area contributed by atoms with Crippen LogP contribution < -0.4 is 5.32 Å². The van der Waals surface area contributed by atoms with Crippen LogP contribution in [0.4, 0.5) is 11.5 Å². The highest BCUT2D eigenvalue weighted by atomic mass is 16.6. The number of hydrogen-bond donors (Lipinski definition) is 2. The third-order valence-electron chi connectivity index (χ3n) is 4.13. The van der Waals surface area contributed by atoms with Gasteiger partial charge < -0.3 is 10.4 Å². The number of hydrogen-bond acceptors (Lipinski definition) is 5. The van der Waals surface area contributed by atoms with E-state index in [0.29, 0.717) is 24.5 Å². The van der Waals surface area contributed by atoms with Gasteiger partial charge in [0.1, 0.15) is 5.69 Å². The van der Waals surface area contributed by atoms with Crippen LogP contribution in [0.2, 0.25) is 0 Å². The number of aliphatic hydroxyl groups is 1. The van der Waals surface area contributed by atoms with Crippen molar-refractivity contribution in [3.8, 4) is 0 Å². The van der Waals surface area contributed by atoms with Crippen LogP contribution in [-0.4, -0.2) is 32.0 Å². The number of nitrogens with zero attached hydrogens (tertiary/aromatic N) is 3. The van der Waals surface area contributed by atoms with Crippen molar-refractivity contribution in [3.63, 3.8) is 0 Å². The first kappa shape index (κ1) is 15.8. The van der Waals surface area contributed by atoms with E-state index in [1.165, 1.54) is 4.68 Å². The van der Waals surface area contributed by atoms with Gasteiger partial charge in [-0.05, 0) is 19.3 Å². The lowest BCUT2D eigenvalue weighted by atomic mass is 9.85. The molecule has 0 bridgehead atoms.